The Hall–Kier alpha value is -3.62. The highest BCUT2D eigenvalue weighted by atomic mass is 16.5. The highest BCUT2D eigenvalue weighted by Gasteiger charge is 2.27. The molecule has 0 aliphatic carbocycles. The largest absolute Gasteiger partial charge is 0.489 e. The van der Waals surface area contributed by atoms with E-state index in [2.05, 4.69) is 15.4 Å². The van der Waals surface area contributed by atoms with E-state index in [0.717, 1.165) is 17.0 Å². The summed E-state index contributed by atoms with van der Waals surface area (Å²) < 4.78 is 7.55. The van der Waals surface area contributed by atoms with Gasteiger partial charge in [0.05, 0.1) is 30.4 Å². The van der Waals surface area contributed by atoms with Crippen LogP contribution in [0.15, 0.2) is 42.7 Å². The first-order valence-electron chi connectivity index (χ1n) is 9.69. The van der Waals surface area contributed by atoms with Gasteiger partial charge in [0.2, 0.25) is 5.91 Å². The Kier molecular flexibility index (Phi) is 5.26. The maximum absolute atomic E-state index is 12.6. The molecular weight excluding hydrogens is 384 g/mol. The molecule has 156 valence electrons. The predicted octanol–water partition coefficient (Wildman–Crippen LogP) is 1.33. The van der Waals surface area contributed by atoms with Crippen LogP contribution in [0.1, 0.15) is 22.5 Å². The van der Waals surface area contributed by atoms with Crippen LogP contribution in [-0.2, 0) is 11.3 Å². The Balaban J connectivity index is 1.42. The molecule has 2 aromatic heterocycles. The lowest BCUT2D eigenvalue weighted by atomic mass is 10.1. The van der Waals surface area contributed by atoms with Gasteiger partial charge in [-0.3, -0.25) is 9.59 Å². The molecular formula is C21H24N6O3. The smallest absolute Gasteiger partial charge is 0.253 e. The molecule has 1 N–H and O–H groups in total. The number of amides is 2. The van der Waals surface area contributed by atoms with Crippen molar-refractivity contribution in [1.82, 2.24) is 24.8 Å². The topological polar surface area (TPSA) is 92.1 Å². The summed E-state index contributed by atoms with van der Waals surface area (Å²) in [4.78, 5) is 32.5. The van der Waals surface area contributed by atoms with Crippen LogP contribution in [0.5, 0.6) is 5.75 Å². The summed E-state index contributed by atoms with van der Waals surface area (Å²) in [5, 5.41) is 7.13. The van der Waals surface area contributed by atoms with Gasteiger partial charge in [-0.1, -0.05) is 6.07 Å². The number of pyridine rings is 1. The molecule has 1 aliphatic rings. The number of rotatable bonds is 5. The van der Waals surface area contributed by atoms with Crippen LogP contribution in [0.4, 0.5) is 5.69 Å². The number of carbonyl (C=O) groups excluding carboxylic acids is 2. The normalized spacial score (nSPS) is 15.4. The van der Waals surface area contributed by atoms with Gasteiger partial charge in [-0.2, -0.15) is 5.10 Å². The lowest BCUT2D eigenvalue weighted by Crippen LogP contribution is -2.43. The molecule has 9 nitrogen and oxygen atoms in total. The van der Waals surface area contributed by atoms with Crippen molar-refractivity contribution in [3.8, 4) is 5.75 Å². The fraction of sp³-hybridized carbons (Fsp3) is 0.333. The number of benzene rings is 1. The first-order valence-corrected chi connectivity index (χ1v) is 9.69. The van der Waals surface area contributed by atoms with Crippen molar-refractivity contribution in [2.45, 2.75) is 19.0 Å². The van der Waals surface area contributed by atoms with Gasteiger partial charge >= 0.3 is 0 Å². The van der Waals surface area contributed by atoms with Crippen LogP contribution in [0.25, 0.3) is 5.65 Å². The van der Waals surface area contributed by atoms with Crippen molar-refractivity contribution in [3.05, 3.63) is 54.0 Å². The molecule has 0 spiro atoms. The van der Waals surface area contributed by atoms with Crippen molar-refractivity contribution >= 4 is 23.1 Å². The maximum Gasteiger partial charge on any atom is 0.253 e. The summed E-state index contributed by atoms with van der Waals surface area (Å²) in [6, 6.07) is 10.9. The van der Waals surface area contributed by atoms with E-state index in [9.17, 15) is 9.59 Å². The van der Waals surface area contributed by atoms with Gasteiger partial charge < -0.3 is 19.9 Å². The molecule has 0 bridgehead atoms. The second-order valence-electron chi connectivity index (χ2n) is 7.49. The lowest BCUT2D eigenvalue weighted by Gasteiger charge is -2.35. The number of nitrogens with one attached hydrogen (secondary N) is 1. The summed E-state index contributed by atoms with van der Waals surface area (Å²) in [6.45, 7) is 0.755. The van der Waals surface area contributed by atoms with Crippen LogP contribution in [0.2, 0.25) is 0 Å². The molecule has 4 rings (SSSR count). The fourth-order valence-corrected chi connectivity index (χ4v) is 3.51. The second kappa shape index (κ2) is 8.02. The highest BCUT2D eigenvalue weighted by Crippen LogP contribution is 2.34. The summed E-state index contributed by atoms with van der Waals surface area (Å²) in [6.07, 6.45) is 1.76. The Labute approximate surface area is 174 Å². The molecule has 1 aliphatic heterocycles. The van der Waals surface area contributed by atoms with Crippen LogP contribution < -0.4 is 15.0 Å². The van der Waals surface area contributed by atoms with E-state index in [-0.39, 0.29) is 24.3 Å². The van der Waals surface area contributed by atoms with Crippen molar-refractivity contribution < 1.29 is 14.3 Å². The molecule has 30 heavy (non-hydrogen) atoms. The minimum atomic E-state index is -0.135. The van der Waals surface area contributed by atoms with E-state index in [1.807, 2.05) is 36.2 Å². The minimum Gasteiger partial charge on any atom is -0.489 e. The summed E-state index contributed by atoms with van der Waals surface area (Å²) in [5.74, 6) is 0.548. The molecule has 1 unspecified atom stereocenters. The number of anilines is 1. The van der Waals surface area contributed by atoms with E-state index < -0.39 is 0 Å². The van der Waals surface area contributed by atoms with Crippen LogP contribution >= 0.6 is 0 Å². The average Bonchev–Trinajstić information content (AvgIpc) is 3.23. The first-order chi connectivity index (χ1) is 14.4. The number of ether oxygens (including phenoxy) is 1. The molecule has 3 aromatic rings. The summed E-state index contributed by atoms with van der Waals surface area (Å²) in [5.41, 5.74) is 2.98. The van der Waals surface area contributed by atoms with Gasteiger partial charge in [0, 0.05) is 26.7 Å². The van der Waals surface area contributed by atoms with Gasteiger partial charge in [-0.25, -0.2) is 9.50 Å². The van der Waals surface area contributed by atoms with Gasteiger partial charge in [0.15, 0.2) is 5.65 Å². The van der Waals surface area contributed by atoms with Gasteiger partial charge in [0.25, 0.3) is 5.91 Å². The van der Waals surface area contributed by atoms with Crippen LogP contribution in [0, 0.1) is 0 Å². The van der Waals surface area contributed by atoms with E-state index >= 15 is 0 Å². The van der Waals surface area contributed by atoms with E-state index in [0.29, 0.717) is 24.5 Å². The summed E-state index contributed by atoms with van der Waals surface area (Å²) in [7, 11) is 5.35. The third-order valence-corrected chi connectivity index (χ3v) is 5.24. The Bertz CT molecular complexity index is 1090. The Morgan fingerprint density at radius 3 is 2.90 bits per heavy atom. The summed E-state index contributed by atoms with van der Waals surface area (Å²) >= 11 is 0. The fourth-order valence-electron chi connectivity index (χ4n) is 3.51. The zero-order chi connectivity index (χ0) is 21.3. The number of carbonyl (C=O) groups is 2. The zero-order valence-corrected chi connectivity index (χ0v) is 17.2. The third-order valence-electron chi connectivity index (χ3n) is 5.24. The first kappa shape index (κ1) is 19.7. The van der Waals surface area contributed by atoms with Crippen molar-refractivity contribution in [3.63, 3.8) is 0 Å². The number of nitrogens with zero attached hydrogens (tertiary/aromatic N) is 5. The van der Waals surface area contributed by atoms with E-state index in [4.69, 9.17) is 4.74 Å². The van der Waals surface area contributed by atoms with Gasteiger partial charge in [-0.15, -0.1) is 0 Å². The second-order valence-corrected chi connectivity index (χ2v) is 7.49. The molecule has 0 saturated heterocycles. The molecule has 1 atom stereocenters. The quantitative estimate of drug-likeness (QED) is 0.685. The number of likely N-dealkylation sites (N-methyl/N-ethyl adjacent to an activating group) is 1. The number of hydrogen-bond acceptors (Lipinski definition) is 6. The molecule has 0 fully saturated rings. The Morgan fingerprint density at radius 1 is 1.27 bits per heavy atom. The number of fused-ring (bicyclic) bond motifs is 2. The van der Waals surface area contributed by atoms with Crippen molar-refractivity contribution in [2.24, 2.45) is 0 Å². The van der Waals surface area contributed by atoms with E-state index in [1.54, 1.807) is 30.7 Å². The van der Waals surface area contributed by atoms with Crippen molar-refractivity contribution in [1.29, 1.82) is 0 Å². The predicted molar refractivity (Wildman–Crippen MR) is 112 cm³/mol. The van der Waals surface area contributed by atoms with E-state index in [1.165, 1.54) is 11.2 Å². The van der Waals surface area contributed by atoms with Crippen LogP contribution in [0.3, 0.4) is 0 Å². The molecule has 1 aromatic carbocycles. The standard InChI is InChI=1S/C21H24N6O3/c1-25(2)21(29)14-7-8-18-17(9-14)26(3)16(12-30-18)10-20(28)22-11-15-5-4-6-19-23-13-24-27(15)19/h4-9,13,16H,10-12H2,1-3H3,(H,22,28). The lowest BCUT2D eigenvalue weighted by molar-refractivity contribution is -0.121. The molecule has 9 heteroatoms. The zero-order valence-electron chi connectivity index (χ0n) is 17.2. The third kappa shape index (κ3) is 3.78. The van der Waals surface area contributed by atoms with Crippen molar-refractivity contribution in [2.75, 3.05) is 32.6 Å². The molecule has 2 amide bonds. The molecule has 0 radical (unpaired) electrons. The Morgan fingerprint density at radius 2 is 2.10 bits per heavy atom. The van der Waals surface area contributed by atoms with Crippen LogP contribution in [-0.4, -0.2) is 65.1 Å². The monoisotopic (exact) mass is 408 g/mol. The number of hydrogen-bond donors (Lipinski definition) is 1. The highest BCUT2D eigenvalue weighted by molar-refractivity contribution is 5.95. The van der Waals surface area contributed by atoms with Gasteiger partial charge in [0.1, 0.15) is 18.7 Å². The van der Waals surface area contributed by atoms with Gasteiger partial charge in [-0.05, 0) is 30.3 Å². The SMILES string of the molecule is CN(C)C(=O)c1ccc2c(c1)N(C)C(CC(=O)NCc1cccc3ncnn13)CO2. The number of aromatic nitrogens is 3. The average molecular weight is 408 g/mol. The molecule has 0 saturated carbocycles. The molecule has 3 heterocycles. The minimum absolute atomic E-state index is 0.0756. The maximum atomic E-state index is 12.6.